The van der Waals surface area contributed by atoms with Gasteiger partial charge in [0.15, 0.2) is 0 Å². The second-order valence-corrected chi connectivity index (χ2v) is 9.04. The number of benzene rings is 1. The molecule has 1 aliphatic rings. The lowest BCUT2D eigenvalue weighted by atomic mass is 9.77. The Morgan fingerprint density at radius 2 is 1.80 bits per heavy atom. The summed E-state index contributed by atoms with van der Waals surface area (Å²) < 4.78 is 18.5. The van der Waals surface area contributed by atoms with Crippen LogP contribution < -0.4 is 5.32 Å². The van der Waals surface area contributed by atoms with E-state index in [2.05, 4.69) is 26.2 Å². The number of ether oxygens (including phenoxy) is 1. The van der Waals surface area contributed by atoms with Gasteiger partial charge in [-0.25, -0.2) is 4.79 Å². The van der Waals surface area contributed by atoms with E-state index in [9.17, 15) is 4.79 Å². The summed E-state index contributed by atoms with van der Waals surface area (Å²) in [6.07, 6.45) is 3.08. The van der Waals surface area contributed by atoms with Crippen LogP contribution in [0.4, 0.5) is 4.79 Å². The molecule has 0 saturated carbocycles. The maximum Gasteiger partial charge on any atom is 0.492 e. The van der Waals surface area contributed by atoms with Crippen molar-refractivity contribution in [3.05, 3.63) is 69.9 Å². The van der Waals surface area contributed by atoms with Crippen LogP contribution in [0.3, 0.4) is 0 Å². The van der Waals surface area contributed by atoms with Crippen molar-refractivity contribution in [2.45, 2.75) is 45.5 Å². The molecule has 0 atom stereocenters. The van der Waals surface area contributed by atoms with Gasteiger partial charge in [0.25, 0.3) is 0 Å². The summed E-state index contributed by atoms with van der Waals surface area (Å²) >= 11 is 3.39. The number of nitrogens with one attached hydrogen (secondary N) is 1. The van der Waals surface area contributed by atoms with Crippen LogP contribution in [0.25, 0.3) is 6.08 Å². The average molecular weight is 473 g/mol. The number of hydrogen-bond donors (Lipinski definition) is 1. The van der Waals surface area contributed by atoms with Gasteiger partial charge in [-0.05, 0) is 72.9 Å². The smallest absolute Gasteiger partial charge is 0.445 e. The molecule has 1 N–H and O–H groups in total. The monoisotopic (exact) mass is 472 g/mol. The third kappa shape index (κ3) is 5.71. The number of amides is 1. The third-order valence-corrected chi connectivity index (χ3v) is 5.76. The van der Waals surface area contributed by atoms with Crippen LogP contribution in [0.2, 0.25) is 0 Å². The van der Waals surface area contributed by atoms with Gasteiger partial charge in [0.2, 0.25) is 0 Å². The van der Waals surface area contributed by atoms with Crippen molar-refractivity contribution >= 4 is 35.2 Å². The zero-order valence-corrected chi connectivity index (χ0v) is 19.2. The number of aromatic nitrogens is 1. The molecule has 1 aromatic heterocycles. The fraction of sp³-hybridized carbons (Fsp3) is 0.364. The van der Waals surface area contributed by atoms with E-state index in [1.807, 2.05) is 76.2 Å². The molecule has 30 heavy (non-hydrogen) atoms. The molecular formula is C22H26BBrN2O4. The molecule has 1 saturated heterocycles. The first-order valence-corrected chi connectivity index (χ1v) is 10.6. The average Bonchev–Trinajstić information content (AvgIpc) is 2.93. The topological polar surface area (TPSA) is 69.7 Å². The van der Waals surface area contributed by atoms with Crippen molar-refractivity contribution in [1.29, 1.82) is 0 Å². The minimum Gasteiger partial charge on any atom is -0.445 e. The predicted octanol–water partition coefficient (Wildman–Crippen LogP) is 4.79. The van der Waals surface area contributed by atoms with E-state index in [1.54, 1.807) is 6.20 Å². The number of halogens is 1. The zero-order chi connectivity index (χ0) is 21.8. The van der Waals surface area contributed by atoms with E-state index in [4.69, 9.17) is 14.0 Å². The lowest BCUT2D eigenvalue weighted by molar-refractivity contribution is 0.00578. The van der Waals surface area contributed by atoms with Crippen LogP contribution in [0.15, 0.2) is 58.6 Å². The third-order valence-electron chi connectivity index (χ3n) is 5.29. The van der Waals surface area contributed by atoms with Crippen molar-refractivity contribution in [1.82, 2.24) is 10.3 Å². The van der Waals surface area contributed by atoms with Crippen LogP contribution in [-0.2, 0) is 20.7 Å². The van der Waals surface area contributed by atoms with Crippen molar-refractivity contribution in [3.63, 3.8) is 0 Å². The van der Waals surface area contributed by atoms with Crippen LogP contribution in [-0.4, -0.2) is 35.9 Å². The highest BCUT2D eigenvalue weighted by Gasteiger charge is 2.52. The highest BCUT2D eigenvalue weighted by atomic mass is 79.9. The molecule has 0 unspecified atom stereocenters. The summed E-state index contributed by atoms with van der Waals surface area (Å²) in [7, 11) is -0.602. The molecule has 0 radical (unpaired) electrons. The van der Waals surface area contributed by atoms with Gasteiger partial charge in [-0.15, -0.1) is 0 Å². The SMILES string of the molecule is CC1(C)OB(C(=Cc2ccc(Br)cn2)CNC(=O)OCc2ccccc2)OC1(C)C. The molecule has 0 aliphatic carbocycles. The quantitative estimate of drug-likeness (QED) is 0.612. The number of nitrogens with zero attached hydrogens (tertiary/aromatic N) is 1. The Morgan fingerprint density at radius 1 is 1.13 bits per heavy atom. The van der Waals surface area contributed by atoms with E-state index in [0.29, 0.717) is 0 Å². The first kappa shape index (κ1) is 22.5. The number of pyridine rings is 1. The number of rotatable bonds is 6. The zero-order valence-electron chi connectivity index (χ0n) is 17.6. The number of hydrogen-bond acceptors (Lipinski definition) is 5. The summed E-state index contributed by atoms with van der Waals surface area (Å²) in [5.41, 5.74) is 1.44. The summed E-state index contributed by atoms with van der Waals surface area (Å²) in [4.78, 5) is 16.6. The van der Waals surface area contributed by atoms with Crippen LogP contribution in [0.5, 0.6) is 0 Å². The van der Waals surface area contributed by atoms with Gasteiger partial charge in [0.1, 0.15) is 6.61 Å². The molecule has 1 fully saturated rings. The standard InChI is InChI=1S/C22H26BBrN2O4/c1-21(2)22(3,4)30-23(29-21)17(12-19-11-10-18(24)14-25-19)13-26-20(27)28-15-16-8-6-5-7-9-16/h5-12,14H,13,15H2,1-4H3,(H,26,27). The summed E-state index contributed by atoms with van der Waals surface area (Å²) in [5.74, 6) is 0. The fourth-order valence-corrected chi connectivity index (χ4v) is 3.04. The van der Waals surface area contributed by atoms with Gasteiger partial charge in [-0.2, -0.15) is 0 Å². The van der Waals surface area contributed by atoms with Crippen molar-refractivity contribution < 1.29 is 18.8 Å². The van der Waals surface area contributed by atoms with E-state index in [0.717, 1.165) is 21.2 Å². The Morgan fingerprint density at radius 3 is 2.40 bits per heavy atom. The summed E-state index contributed by atoms with van der Waals surface area (Å²) in [6.45, 7) is 8.38. The van der Waals surface area contributed by atoms with Crippen LogP contribution >= 0.6 is 15.9 Å². The van der Waals surface area contributed by atoms with E-state index in [1.165, 1.54) is 0 Å². The maximum absolute atomic E-state index is 12.2. The Hall–Kier alpha value is -2.16. The molecule has 6 nitrogen and oxygen atoms in total. The minimum atomic E-state index is -0.602. The lowest BCUT2D eigenvalue weighted by Gasteiger charge is -2.32. The van der Waals surface area contributed by atoms with Crippen molar-refractivity contribution in [3.8, 4) is 0 Å². The first-order chi connectivity index (χ1) is 14.2. The van der Waals surface area contributed by atoms with E-state index < -0.39 is 24.4 Å². The molecule has 2 aromatic rings. The van der Waals surface area contributed by atoms with Crippen molar-refractivity contribution in [2.24, 2.45) is 0 Å². The minimum absolute atomic E-state index is 0.205. The fourth-order valence-electron chi connectivity index (χ4n) is 2.81. The van der Waals surface area contributed by atoms with Crippen LogP contribution in [0.1, 0.15) is 39.0 Å². The molecule has 1 aromatic carbocycles. The predicted molar refractivity (Wildman–Crippen MR) is 121 cm³/mol. The Bertz CT molecular complexity index is 885. The highest BCUT2D eigenvalue weighted by molar-refractivity contribution is 9.10. The highest BCUT2D eigenvalue weighted by Crippen LogP contribution is 2.38. The number of carbonyl (C=O) groups excluding carboxylic acids is 1. The second-order valence-electron chi connectivity index (χ2n) is 8.12. The maximum atomic E-state index is 12.2. The largest absolute Gasteiger partial charge is 0.492 e. The van der Waals surface area contributed by atoms with Gasteiger partial charge in [-0.3, -0.25) is 4.98 Å². The molecule has 2 heterocycles. The molecule has 0 bridgehead atoms. The summed E-state index contributed by atoms with van der Waals surface area (Å²) in [6, 6.07) is 13.3. The second kappa shape index (κ2) is 9.33. The Labute approximate surface area is 186 Å². The van der Waals surface area contributed by atoms with Gasteiger partial charge < -0.3 is 19.4 Å². The molecular weight excluding hydrogens is 447 g/mol. The van der Waals surface area contributed by atoms with Gasteiger partial charge in [0, 0.05) is 17.2 Å². The van der Waals surface area contributed by atoms with Crippen molar-refractivity contribution in [2.75, 3.05) is 6.54 Å². The molecule has 158 valence electrons. The molecule has 3 rings (SSSR count). The molecule has 0 spiro atoms. The molecule has 1 amide bonds. The van der Waals surface area contributed by atoms with Gasteiger partial charge in [0.05, 0.1) is 16.9 Å². The molecule has 8 heteroatoms. The first-order valence-electron chi connectivity index (χ1n) is 9.78. The van der Waals surface area contributed by atoms with E-state index >= 15 is 0 Å². The Kier molecular flexibility index (Phi) is 7.00. The van der Waals surface area contributed by atoms with E-state index in [-0.39, 0.29) is 13.2 Å². The normalized spacial score (nSPS) is 17.6. The van der Waals surface area contributed by atoms with Gasteiger partial charge in [-0.1, -0.05) is 30.3 Å². The molecule has 1 aliphatic heterocycles. The lowest BCUT2D eigenvalue weighted by Crippen LogP contribution is -2.41. The number of alkyl carbamates (subject to hydrolysis) is 1. The summed E-state index contributed by atoms with van der Waals surface area (Å²) in [5, 5.41) is 2.79. The number of carbonyl (C=O) groups is 1. The Balaban J connectivity index is 1.70. The van der Waals surface area contributed by atoms with Crippen LogP contribution in [0, 0.1) is 0 Å². The van der Waals surface area contributed by atoms with Gasteiger partial charge >= 0.3 is 13.2 Å².